The lowest BCUT2D eigenvalue weighted by Gasteiger charge is -2.52. The van der Waals surface area contributed by atoms with Crippen molar-refractivity contribution < 1.29 is 10.2 Å². The van der Waals surface area contributed by atoms with E-state index in [9.17, 15) is 10.2 Å². The maximum atomic E-state index is 12.3. The van der Waals surface area contributed by atoms with Gasteiger partial charge < -0.3 is 15.1 Å². The number of rotatable bonds is 4. The molecule has 50 heavy (non-hydrogen) atoms. The zero-order valence-corrected chi connectivity index (χ0v) is 28.9. The summed E-state index contributed by atoms with van der Waals surface area (Å²) in [6, 6.07) is 39.5. The van der Waals surface area contributed by atoms with Crippen LogP contribution in [0.4, 0.5) is 17.1 Å². The SMILES string of the molecule is C[C@]12CC[C@@H]3c4ccc(O)cc4CC[C@H]3[C@@H]1CC[C@@]2(O)C#Cc1ccc(-c2ccc(N(c3ccccc3)c3ccccc3)cc2)c2nsnc12. The number of aryl methyl sites for hydroxylation is 1. The van der Waals surface area contributed by atoms with Crippen molar-refractivity contribution in [3.63, 3.8) is 0 Å². The third-order valence-electron chi connectivity index (χ3n) is 12.1. The van der Waals surface area contributed by atoms with Gasteiger partial charge in [-0.1, -0.05) is 79.4 Å². The summed E-state index contributed by atoms with van der Waals surface area (Å²) in [6.45, 7) is 2.28. The van der Waals surface area contributed by atoms with Gasteiger partial charge in [0.05, 0.1) is 17.3 Å². The number of fused-ring (bicyclic) bond motifs is 6. The number of benzene rings is 5. The predicted molar refractivity (Wildman–Crippen MR) is 202 cm³/mol. The zero-order valence-electron chi connectivity index (χ0n) is 28.1. The lowest BCUT2D eigenvalue weighted by atomic mass is 9.53. The highest BCUT2D eigenvalue weighted by Crippen LogP contribution is 2.64. The van der Waals surface area contributed by atoms with Gasteiger partial charge in [0.25, 0.3) is 0 Å². The highest BCUT2D eigenvalue weighted by atomic mass is 32.1. The molecule has 3 aliphatic rings. The Morgan fingerprint density at radius 2 is 1.46 bits per heavy atom. The van der Waals surface area contributed by atoms with Gasteiger partial charge in [0.15, 0.2) is 0 Å². The molecule has 6 aromatic rings. The number of anilines is 3. The molecule has 2 fully saturated rings. The van der Waals surface area contributed by atoms with Gasteiger partial charge in [-0.2, -0.15) is 8.75 Å². The van der Waals surface area contributed by atoms with Gasteiger partial charge in [0.2, 0.25) is 0 Å². The smallest absolute Gasteiger partial charge is 0.131 e. The second-order valence-corrected chi connectivity index (χ2v) is 15.1. The third kappa shape index (κ3) is 5.02. The van der Waals surface area contributed by atoms with E-state index >= 15 is 0 Å². The fourth-order valence-corrected chi connectivity index (χ4v) is 10.1. The Morgan fingerprint density at radius 1 is 0.760 bits per heavy atom. The minimum absolute atomic E-state index is 0.260. The molecule has 2 saturated carbocycles. The van der Waals surface area contributed by atoms with Crippen LogP contribution in [-0.2, 0) is 6.42 Å². The number of nitrogens with zero attached hydrogens (tertiary/aromatic N) is 3. The van der Waals surface area contributed by atoms with Crippen LogP contribution >= 0.6 is 11.7 Å². The van der Waals surface area contributed by atoms with Crippen molar-refractivity contribution >= 4 is 39.8 Å². The Hall–Kier alpha value is -4.96. The Balaban J connectivity index is 0.999. The van der Waals surface area contributed by atoms with Crippen LogP contribution < -0.4 is 4.90 Å². The Bertz CT molecular complexity index is 2220. The van der Waals surface area contributed by atoms with Crippen LogP contribution in [0.25, 0.3) is 22.2 Å². The monoisotopic (exact) mass is 673 g/mol. The number of hydrogen-bond donors (Lipinski definition) is 2. The first-order chi connectivity index (χ1) is 24.4. The van der Waals surface area contributed by atoms with Crippen molar-refractivity contribution in [1.29, 1.82) is 0 Å². The van der Waals surface area contributed by atoms with Crippen LogP contribution in [0.5, 0.6) is 5.75 Å². The molecule has 0 spiro atoms. The summed E-state index contributed by atoms with van der Waals surface area (Å²) >= 11 is 1.21. The quantitative estimate of drug-likeness (QED) is 0.182. The lowest BCUT2D eigenvalue weighted by molar-refractivity contribution is -0.0647. The normalized spacial score (nSPS) is 25.2. The largest absolute Gasteiger partial charge is 0.508 e. The maximum Gasteiger partial charge on any atom is 0.131 e. The number of para-hydroxylation sites is 2. The number of phenolic OH excluding ortho intramolecular Hbond substituents is 1. The van der Waals surface area contributed by atoms with Crippen molar-refractivity contribution in [1.82, 2.24) is 8.75 Å². The summed E-state index contributed by atoms with van der Waals surface area (Å²) in [5, 5.41) is 22.3. The second-order valence-electron chi connectivity index (χ2n) is 14.6. The van der Waals surface area contributed by atoms with Gasteiger partial charge in [-0.05, 0) is 128 Å². The molecule has 5 aromatic carbocycles. The van der Waals surface area contributed by atoms with Gasteiger partial charge in [0.1, 0.15) is 22.4 Å². The summed E-state index contributed by atoms with van der Waals surface area (Å²) in [6.07, 6.45) is 5.77. The van der Waals surface area contributed by atoms with E-state index in [1.807, 2.05) is 30.3 Å². The fourth-order valence-electron chi connectivity index (χ4n) is 9.55. The lowest BCUT2D eigenvalue weighted by Crippen LogP contribution is -2.50. The molecule has 9 rings (SSSR count). The van der Waals surface area contributed by atoms with Crippen LogP contribution in [0.1, 0.15) is 61.6 Å². The van der Waals surface area contributed by atoms with Crippen molar-refractivity contribution in [2.75, 3.05) is 4.90 Å². The van der Waals surface area contributed by atoms with E-state index in [1.54, 1.807) is 0 Å². The molecule has 1 aromatic heterocycles. The first kappa shape index (κ1) is 31.1. The molecule has 248 valence electrons. The molecule has 0 unspecified atom stereocenters. The van der Waals surface area contributed by atoms with Gasteiger partial charge in [0, 0.05) is 28.0 Å². The number of aromatic hydroxyl groups is 1. The summed E-state index contributed by atoms with van der Waals surface area (Å²) in [7, 11) is 0. The van der Waals surface area contributed by atoms with Crippen LogP contribution in [0.15, 0.2) is 115 Å². The standard InChI is InChI=1S/C44H39N3O2S/c1-43-25-23-38-36-21-18-35(48)28-31(36)15-20-39(38)40(43)24-27-44(43,49)26-22-30-14-19-37(42-41(30)45-50-46-42)29-12-16-34(17-13-29)47(32-8-4-2-5-9-32)33-10-6-3-7-11-33/h2-14,16-19,21,28,38-40,48-49H,15,20,23-25,27H2,1H3/t38-,39-,40+,43+,44+/m1/s1. The number of aromatic nitrogens is 2. The van der Waals surface area contributed by atoms with Crippen LogP contribution in [0.3, 0.4) is 0 Å². The second kappa shape index (κ2) is 12.1. The predicted octanol–water partition coefficient (Wildman–Crippen LogP) is 10.2. The molecule has 0 aliphatic heterocycles. The highest BCUT2D eigenvalue weighted by Gasteiger charge is 2.61. The van der Waals surface area contributed by atoms with Crippen molar-refractivity contribution in [3.05, 3.63) is 132 Å². The molecule has 6 heteroatoms. The van der Waals surface area contributed by atoms with E-state index in [0.29, 0.717) is 29.9 Å². The molecule has 5 nitrogen and oxygen atoms in total. The average Bonchev–Trinajstić information content (AvgIpc) is 3.75. The molecule has 2 N–H and O–H groups in total. The van der Waals surface area contributed by atoms with Crippen LogP contribution in [0, 0.1) is 29.1 Å². The van der Waals surface area contributed by atoms with Crippen molar-refractivity contribution in [3.8, 4) is 28.7 Å². The Labute approximate surface area is 297 Å². The number of hydrogen-bond acceptors (Lipinski definition) is 6. The van der Waals surface area contributed by atoms with Crippen molar-refractivity contribution in [2.45, 2.75) is 57.0 Å². The van der Waals surface area contributed by atoms with E-state index < -0.39 is 5.60 Å². The van der Waals surface area contributed by atoms with E-state index in [0.717, 1.165) is 76.9 Å². The molecular weight excluding hydrogens is 635 g/mol. The zero-order chi connectivity index (χ0) is 33.9. The highest BCUT2D eigenvalue weighted by molar-refractivity contribution is 7.00. The fraction of sp³-hybridized carbons (Fsp3) is 0.273. The molecule has 0 saturated heterocycles. The summed E-state index contributed by atoms with van der Waals surface area (Å²) in [5.74, 6) is 8.66. The summed E-state index contributed by atoms with van der Waals surface area (Å²) < 4.78 is 9.43. The Kier molecular flexibility index (Phi) is 7.53. The van der Waals surface area contributed by atoms with Gasteiger partial charge in [-0.15, -0.1) is 0 Å². The summed E-state index contributed by atoms with van der Waals surface area (Å²) in [5.41, 5.74) is 9.19. The minimum atomic E-state index is -1.05. The van der Waals surface area contributed by atoms with Crippen molar-refractivity contribution in [2.24, 2.45) is 17.3 Å². The third-order valence-corrected chi connectivity index (χ3v) is 12.7. The van der Waals surface area contributed by atoms with Gasteiger partial charge >= 0.3 is 0 Å². The molecule has 3 aliphatic carbocycles. The molecule has 0 amide bonds. The number of aliphatic hydroxyl groups is 1. The Morgan fingerprint density at radius 3 is 2.20 bits per heavy atom. The maximum absolute atomic E-state index is 12.3. The first-order valence-corrected chi connectivity index (χ1v) is 18.5. The van der Waals surface area contributed by atoms with Crippen LogP contribution in [0.2, 0.25) is 0 Å². The van der Waals surface area contributed by atoms with Crippen LogP contribution in [-0.4, -0.2) is 24.6 Å². The van der Waals surface area contributed by atoms with E-state index in [2.05, 4.69) is 109 Å². The summed E-state index contributed by atoms with van der Waals surface area (Å²) in [4.78, 5) is 2.26. The van der Waals surface area contributed by atoms with Gasteiger partial charge in [-0.3, -0.25) is 0 Å². The molecule has 0 bridgehead atoms. The van der Waals surface area contributed by atoms with Gasteiger partial charge in [-0.25, -0.2) is 0 Å². The molecule has 5 atom stereocenters. The van der Waals surface area contributed by atoms with E-state index in [1.165, 1.54) is 22.9 Å². The van der Waals surface area contributed by atoms with E-state index in [4.69, 9.17) is 8.75 Å². The number of phenols is 1. The average molecular weight is 674 g/mol. The molecular formula is C44H39N3O2S. The topological polar surface area (TPSA) is 69.5 Å². The first-order valence-electron chi connectivity index (χ1n) is 17.8. The molecule has 0 radical (unpaired) electrons. The minimum Gasteiger partial charge on any atom is -0.508 e. The van der Waals surface area contributed by atoms with E-state index in [-0.39, 0.29) is 5.41 Å². The molecule has 1 heterocycles.